The Kier molecular flexibility index (Phi) is 10.6. The molecule has 0 aromatic heterocycles. The van der Waals surface area contributed by atoms with Gasteiger partial charge < -0.3 is 15.0 Å². The molecular weight excluding hydrogens is 550 g/mol. The lowest BCUT2D eigenvalue weighted by atomic mass is 10.1. The summed E-state index contributed by atoms with van der Waals surface area (Å²) >= 11 is 6.36. The molecule has 0 aliphatic rings. The molecule has 0 fully saturated rings. The van der Waals surface area contributed by atoms with Crippen LogP contribution in [0.4, 0.5) is 5.69 Å². The fraction of sp³-hybridized carbons (Fsp3) is 0.333. The number of methoxy groups -OCH3 is 1. The molecule has 0 heterocycles. The topological polar surface area (TPSA) is 96.0 Å². The maximum Gasteiger partial charge on any atom is 0.264 e. The summed E-state index contributed by atoms with van der Waals surface area (Å²) in [4.78, 5) is 28.6. The molecule has 0 spiro atoms. The standard InChI is InChI=1S/C30H36ClN3O5S/c1-6-21(2)32-30(36)23(4)33(19-24-15-17-25(39-5)18-16-24)29(35)20-34(28-14-10-13-27(31)22(28)3)40(37,38)26-11-8-7-9-12-26/h7-18,21,23H,6,19-20H2,1-5H3,(H,32,36). The second-order valence-electron chi connectivity index (χ2n) is 9.57. The van der Waals surface area contributed by atoms with E-state index in [9.17, 15) is 18.0 Å². The molecule has 0 radical (unpaired) electrons. The second kappa shape index (κ2) is 13.7. The number of anilines is 1. The monoisotopic (exact) mass is 585 g/mol. The van der Waals surface area contributed by atoms with Gasteiger partial charge in [0.25, 0.3) is 10.0 Å². The third kappa shape index (κ3) is 7.34. The molecule has 3 aromatic rings. The number of carbonyl (C=O) groups is 2. The molecular formula is C30H36ClN3O5S. The Morgan fingerprint density at radius 3 is 2.23 bits per heavy atom. The van der Waals surface area contributed by atoms with Crippen LogP contribution < -0.4 is 14.4 Å². The molecule has 10 heteroatoms. The minimum atomic E-state index is -4.16. The van der Waals surface area contributed by atoms with Crippen LogP contribution >= 0.6 is 11.6 Å². The number of ether oxygens (including phenoxy) is 1. The SMILES string of the molecule is CCC(C)NC(=O)C(C)N(Cc1ccc(OC)cc1)C(=O)CN(c1cccc(Cl)c1C)S(=O)(=O)c1ccccc1. The van der Waals surface area contributed by atoms with E-state index in [1.807, 2.05) is 13.8 Å². The third-order valence-corrected chi connectivity index (χ3v) is 8.98. The number of hydrogen-bond acceptors (Lipinski definition) is 5. The van der Waals surface area contributed by atoms with Crippen LogP contribution in [0.2, 0.25) is 5.02 Å². The average Bonchev–Trinajstić information content (AvgIpc) is 2.96. The van der Waals surface area contributed by atoms with Crippen LogP contribution in [0.3, 0.4) is 0 Å². The Labute approximate surface area is 241 Å². The molecule has 0 bridgehead atoms. The van der Waals surface area contributed by atoms with Gasteiger partial charge in [0.2, 0.25) is 11.8 Å². The van der Waals surface area contributed by atoms with Crippen molar-refractivity contribution in [1.29, 1.82) is 0 Å². The zero-order chi connectivity index (χ0) is 29.4. The van der Waals surface area contributed by atoms with E-state index in [4.69, 9.17) is 16.3 Å². The molecule has 1 N–H and O–H groups in total. The zero-order valence-corrected chi connectivity index (χ0v) is 25.0. The first-order chi connectivity index (χ1) is 19.0. The lowest BCUT2D eigenvalue weighted by molar-refractivity contribution is -0.139. The molecule has 40 heavy (non-hydrogen) atoms. The summed E-state index contributed by atoms with van der Waals surface area (Å²) in [6.45, 7) is 6.74. The molecule has 3 aromatic carbocycles. The summed E-state index contributed by atoms with van der Waals surface area (Å²) in [7, 11) is -2.60. The van der Waals surface area contributed by atoms with Crippen molar-refractivity contribution in [3.8, 4) is 5.75 Å². The molecule has 2 unspecified atom stereocenters. The number of nitrogens with zero attached hydrogens (tertiary/aromatic N) is 2. The number of carbonyl (C=O) groups excluding carboxylic acids is 2. The summed E-state index contributed by atoms with van der Waals surface area (Å²) in [6.07, 6.45) is 0.724. The Morgan fingerprint density at radius 1 is 0.975 bits per heavy atom. The van der Waals surface area contributed by atoms with Crippen LogP contribution in [-0.2, 0) is 26.2 Å². The van der Waals surface area contributed by atoms with Crippen LogP contribution in [0.15, 0.2) is 77.7 Å². The summed E-state index contributed by atoms with van der Waals surface area (Å²) in [5, 5.41) is 3.29. The van der Waals surface area contributed by atoms with Crippen LogP contribution in [0.5, 0.6) is 5.75 Å². The molecule has 8 nitrogen and oxygen atoms in total. The smallest absolute Gasteiger partial charge is 0.264 e. The van der Waals surface area contributed by atoms with E-state index in [1.54, 1.807) is 81.6 Å². The molecule has 214 valence electrons. The van der Waals surface area contributed by atoms with Gasteiger partial charge in [-0.15, -0.1) is 0 Å². The molecule has 3 rings (SSSR count). The van der Waals surface area contributed by atoms with Crippen LogP contribution in [0.1, 0.15) is 38.3 Å². The van der Waals surface area contributed by atoms with E-state index in [-0.39, 0.29) is 29.1 Å². The summed E-state index contributed by atoms with van der Waals surface area (Å²) in [5.74, 6) is -0.213. The van der Waals surface area contributed by atoms with Gasteiger partial charge >= 0.3 is 0 Å². The molecule has 0 saturated heterocycles. The van der Waals surface area contributed by atoms with Gasteiger partial charge in [-0.2, -0.15) is 0 Å². The van der Waals surface area contributed by atoms with Crippen LogP contribution in [0, 0.1) is 6.92 Å². The predicted molar refractivity (Wildman–Crippen MR) is 158 cm³/mol. The van der Waals surface area contributed by atoms with Crippen LogP contribution in [0.25, 0.3) is 0 Å². The molecule has 2 amide bonds. The van der Waals surface area contributed by atoms with Crippen molar-refractivity contribution in [3.63, 3.8) is 0 Å². The summed E-state index contributed by atoms with van der Waals surface area (Å²) < 4.78 is 34.1. The lowest BCUT2D eigenvalue weighted by Crippen LogP contribution is -2.52. The maximum absolute atomic E-state index is 14.0. The average molecular weight is 586 g/mol. The van der Waals surface area contributed by atoms with Gasteiger partial charge in [0.1, 0.15) is 18.3 Å². The van der Waals surface area contributed by atoms with Gasteiger partial charge in [0, 0.05) is 17.6 Å². The fourth-order valence-electron chi connectivity index (χ4n) is 4.08. The predicted octanol–water partition coefficient (Wildman–Crippen LogP) is 5.18. The van der Waals surface area contributed by atoms with E-state index in [2.05, 4.69) is 5.32 Å². The van der Waals surface area contributed by atoms with Crippen LogP contribution in [-0.4, -0.2) is 50.9 Å². The van der Waals surface area contributed by atoms with Gasteiger partial charge in [-0.1, -0.05) is 54.9 Å². The molecule has 2 atom stereocenters. The highest BCUT2D eigenvalue weighted by Gasteiger charge is 2.33. The number of benzene rings is 3. The van der Waals surface area contributed by atoms with Gasteiger partial charge in [-0.25, -0.2) is 8.42 Å². The number of nitrogens with one attached hydrogen (secondary N) is 1. The Bertz CT molecular complexity index is 1420. The van der Waals surface area contributed by atoms with Gasteiger partial charge in [-0.3, -0.25) is 13.9 Å². The second-order valence-corrected chi connectivity index (χ2v) is 11.8. The largest absolute Gasteiger partial charge is 0.497 e. The molecule has 0 saturated carbocycles. The first kappa shape index (κ1) is 31.0. The van der Waals surface area contributed by atoms with E-state index in [0.29, 0.717) is 16.3 Å². The van der Waals surface area contributed by atoms with Crippen molar-refractivity contribution in [2.45, 2.75) is 57.6 Å². The quantitative estimate of drug-likeness (QED) is 0.316. The summed E-state index contributed by atoms with van der Waals surface area (Å²) in [5.41, 5.74) is 1.56. The number of sulfonamides is 1. The van der Waals surface area contributed by atoms with E-state index >= 15 is 0 Å². The van der Waals surface area contributed by atoms with Gasteiger partial charge in [-0.05, 0) is 74.7 Å². The number of amides is 2. The van der Waals surface area contributed by atoms with Crippen molar-refractivity contribution in [3.05, 3.63) is 88.9 Å². The Balaban J connectivity index is 2.05. The highest BCUT2D eigenvalue weighted by atomic mass is 35.5. The number of halogens is 1. The number of hydrogen-bond donors (Lipinski definition) is 1. The number of rotatable bonds is 12. The Morgan fingerprint density at radius 2 is 1.62 bits per heavy atom. The lowest BCUT2D eigenvalue weighted by Gasteiger charge is -2.33. The van der Waals surface area contributed by atoms with Gasteiger partial charge in [0.05, 0.1) is 17.7 Å². The summed E-state index contributed by atoms with van der Waals surface area (Å²) in [6, 6.07) is 19.0. The third-order valence-electron chi connectivity index (χ3n) is 6.80. The van der Waals surface area contributed by atoms with Crippen molar-refractivity contribution in [2.24, 2.45) is 0 Å². The van der Waals surface area contributed by atoms with E-state index < -0.39 is 28.5 Å². The Hall–Kier alpha value is -3.56. The molecule has 0 aliphatic carbocycles. The first-order valence-electron chi connectivity index (χ1n) is 13.0. The maximum atomic E-state index is 14.0. The zero-order valence-electron chi connectivity index (χ0n) is 23.4. The van der Waals surface area contributed by atoms with Gasteiger partial charge in [0.15, 0.2) is 0 Å². The minimum absolute atomic E-state index is 0.0337. The van der Waals surface area contributed by atoms with Crippen molar-refractivity contribution >= 4 is 39.1 Å². The van der Waals surface area contributed by atoms with E-state index in [1.165, 1.54) is 17.0 Å². The minimum Gasteiger partial charge on any atom is -0.497 e. The fourth-order valence-corrected chi connectivity index (χ4v) is 5.74. The normalized spacial score (nSPS) is 12.8. The van der Waals surface area contributed by atoms with Crippen molar-refractivity contribution in [2.75, 3.05) is 18.0 Å². The van der Waals surface area contributed by atoms with E-state index in [0.717, 1.165) is 16.3 Å². The first-order valence-corrected chi connectivity index (χ1v) is 14.9. The molecule has 0 aliphatic heterocycles. The van der Waals surface area contributed by atoms with Crippen molar-refractivity contribution in [1.82, 2.24) is 10.2 Å². The van der Waals surface area contributed by atoms with Crippen molar-refractivity contribution < 1.29 is 22.7 Å². The highest BCUT2D eigenvalue weighted by Crippen LogP contribution is 2.31. The highest BCUT2D eigenvalue weighted by molar-refractivity contribution is 7.92.